The van der Waals surface area contributed by atoms with Gasteiger partial charge in [0, 0.05) is 36.8 Å². The number of ether oxygens (including phenoxy) is 1. The number of rotatable bonds is 4. The molecule has 0 unspecified atom stereocenters. The maximum Gasteiger partial charge on any atom is 0.138 e. The molecule has 1 fully saturated rings. The van der Waals surface area contributed by atoms with Gasteiger partial charge in [0.2, 0.25) is 0 Å². The Hall–Kier alpha value is -2.11. The zero-order valence-electron chi connectivity index (χ0n) is 14.4. The maximum absolute atomic E-state index is 5.70. The number of hydrogen-bond acceptors (Lipinski definition) is 4. The van der Waals surface area contributed by atoms with Crippen molar-refractivity contribution in [1.82, 2.24) is 14.9 Å². The van der Waals surface area contributed by atoms with Crippen LogP contribution in [-0.2, 0) is 11.3 Å². The summed E-state index contributed by atoms with van der Waals surface area (Å²) in [5.41, 5.74) is 4.39. The number of benzene rings is 1. The molecule has 0 saturated carbocycles. The fourth-order valence-corrected chi connectivity index (χ4v) is 3.62. The zero-order valence-corrected chi connectivity index (χ0v) is 14.4. The average molecular weight is 325 g/mol. The number of imidazole rings is 1. The lowest BCUT2D eigenvalue weighted by Crippen LogP contribution is -2.25. The van der Waals surface area contributed by atoms with Crippen LogP contribution in [0, 0.1) is 13.8 Å². The minimum Gasteiger partial charge on any atom is -0.464 e. The molecule has 1 aliphatic rings. The predicted molar refractivity (Wildman–Crippen MR) is 92.8 cm³/mol. The van der Waals surface area contributed by atoms with E-state index in [1.165, 1.54) is 5.56 Å². The van der Waals surface area contributed by atoms with Crippen molar-refractivity contribution in [3.8, 4) is 0 Å². The summed E-state index contributed by atoms with van der Waals surface area (Å²) in [7, 11) is 1.79. The van der Waals surface area contributed by atoms with E-state index in [9.17, 15) is 0 Å². The van der Waals surface area contributed by atoms with Crippen LogP contribution in [0.25, 0.3) is 11.0 Å². The van der Waals surface area contributed by atoms with E-state index in [0.717, 1.165) is 47.7 Å². The summed E-state index contributed by atoms with van der Waals surface area (Å²) in [6.07, 6.45) is 2.95. The van der Waals surface area contributed by atoms with Crippen LogP contribution in [0.3, 0.4) is 0 Å². The highest BCUT2D eigenvalue weighted by Crippen LogP contribution is 2.34. The van der Waals surface area contributed by atoms with E-state index < -0.39 is 0 Å². The van der Waals surface area contributed by atoms with Crippen molar-refractivity contribution in [1.29, 1.82) is 0 Å². The fourth-order valence-electron chi connectivity index (χ4n) is 3.62. The lowest BCUT2D eigenvalue weighted by Gasteiger charge is -2.22. The van der Waals surface area contributed by atoms with Gasteiger partial charge < -0.3 is 14.1 Å². The van der Waals surface area contributed by atoms with Crippen molar-refractivity contribution in [2.75, 3.05) is 13.7 Å². The SMILES string of the molecule is CO[C@@H]1C[C@@H](c2nc(C)c(C)[nH]2)N(Cc2cccc3ccoc23)C1. The average Bonchev–Trinajstić information content (AvgIpc) is 3.27. The first-order chi connectivity index (χ1) is 11.7. The third kappa shape index (κ3) is 2.64. The molecule has 1 saturated heterocycles. The van der Waals surface area contributed by atoms with Gasteiger partial charge in [-0.25, -0.2) is 4.98 Å². The van der Waals surface area contributed by atoms with Crippen molar-refractivity contribution >= 4 is 11.0 Å². The van der Waals surface area contributed by atoms with Gasteiger partial charge in [0.25, 0.3) is 0 Å². The van der Waals surface area contributed by atoms with Gasteiger partial charge in [-0.3, -0.25) is 4.90 Å². The molecular weight excluding hydrogens is 302 g/mol. The summed E-state index contributed by atoms with van der Waals surface area (Å²) in [4.78, 5) is 10.6. The molecule has 0 spiro atoms. The van der Waals surface area contributed by atoms with Gasteiger partial charge in [-0.05, 0) is 26.3 Å². The van der Waals surface area contributed by atoms with E-state index in [4.69, 9.17) is 14.1 Å². The lowest BCUT2D eigenvalue weighted by atomic mass is 10.1. The molecule has 24 heavy (non-hydrogen) atoms. The Kier molecular flexibility index (Phi) is 3.90. The molecule has 2 atom stereocenters. The topological polar surface area (TPSA) is 54.3 Å². The first kappa shape index (κ1) is 15.4. The number of likely N-dealkylation sites (tertiary alicyclic amines) is 1. The highest BCUT2D eigenvalue weighted by Gasteiger charge is 2.35. The molecule has 3 heterocycles. The summed E-state index contributed by atoms with van der Waals surface area (Å²) in [6.45, 7) is 5.85. The molecule has 0 radical (unpaired) electrons. The quantitative estimate of drug-likeness (QED) is 0.794. The Labute approximate surface area is 141 Å². The van der Waals surface area contributed by atoms with E-state index >= 15 is 0 Å². The highest BCUT2D eigenvalue weighted by atomic mass is 16.5. The minimum atomic E-state index is 0.233. The number of methoxy groups -OCH3 is 1. The normalized spacial score (nSPS) is 21.8. The summed E-state index contributed by atoms with van der Waals surface area (Å²) in [5, 5.41) is 1.15. The standard InChI is InChI=1S/C19H23N3O2/c1-12-13(2)21-19(20-12)17-9-16(23-3)11-22(17)10-15-6-4-5-14-7-8-24-18(14)15/h4-8,16-17H,9-11H2,1-3H3,(H,20,21)/t16-,17+/m1/s1. The number of hydrogen-bond donors (Lipinski definition) is 1. The lowest BCUT2D eigenvalue weighted by molar-refractivity contribution is 0.107. The van der Waals surface area contributed by atoms with Crippen LogP contribution in [0.15, 0.2) is 34.9 Å². The van der Waals surface area contributed by atoms with Crippen molar-refractivity contribution in [3.05, 3.63) is 53.3 Å². The van der Waals surface area contributed by atoms with Crippen molar-refractivity contribution in [2.45, 2.75) is 39.0 Å². The number of H-pyrrole nitrogens is 1. The first-order valence-electron chi connectivity index (χ1n) is 8.40. The molecule has 0 amide bonds. The van der Waals surface area contributed by atoms with Gasteiger partial charge in [0.05, 0.1) is 24.1 Å². The highest BCUT2D eigenvalue weighted by molar-refractivity contribution is 5.80. The number of aromatic amines is 1. The van der Waals surface area contributed by atoms with Crippen LogP contribution in [0.5, 0.6) is 0 Å². The van der Waals surface area contributed by atoms with Crippen molar-refractivity contribution in [2.24, 2.45) is 0 Å². The van der Waals surface area contributed by atoms with Gasteiger partial charge in [-0.2, -0.15) is 0 Å². The number of furan rings is 1. The van der Waals surface area contributed by atoms with Crippen molar-refractivity contribution in [3.63, 3.8) is 0 Å². The maximum atomic E-state index is 5.70. The molecule has 5 heteroatoms. The van der Waals surface area contributed by atoms with Crippen LogP contribution in [0.4, 0.5) is 0 Å². The Balaban J connectivity index is 1.65. The van der Waals surface area contributed by atoms with Gasteiger partial charge in [0.15, 0.2) is 0 Å². The van der Waals surface area contributed by atoms with Gasteiger partial charge in [-0.1, -0.05) is 18.2 Å². The monoisotopic (exact) mass is 325 g/mol. The predicted octanol–water partition coefficient (Wildman–Crippen LogP) is 3.73. The Morgan fingerprint density at radius 2 is 2.21 bits per heavy atom. The molecule has 5 nitrogen and oxygen atoms in total. The minimum absolute atomic E-state index is 0.233. The van der Waals surface area contributed by atoms with Crippen LogP contribution >= 0.6 is 0 Å². The second kappa shape index (κ2) is 6.07. The molecule has 126 valence electrons. The second-order valence-electron chi connectivity index (χ2n) is 6.63. The molecule has 2 aromatic heterocycles. The number of para-hydroxylation sites is 1. The summed E-state index contributed by atoms with van der Waals surface area (Å²) in [5.74, 6) is 1.04. The van der Waals surface area contributed by atoms with Crippen LogP contribution < -0.4 is 0 Å². The van der Waals surface area contributed by atoms with E-state index in [1.807, 2.05) is 13.0 Å². The molecule has 1 N–H and O–H groups in total. The number of fused-ring (bicyclic) bond motifs is 1. The van der Waals surface area contributed by atoms with E-state index in [-0.39, 0.29) is 12.1 Å². The van der Waals surface area contributed by atoms with Gasteiger partial charge in [0.1, 0.15) is 11.4 Å². The number of aromatic nitrogens is 2. The Morgan fingerprint density at radius 1 is 1.33 bits per heavy atom. The molecule has 3 aromatic rings. The number of nitrogens with one attached hydrogen (secondary N) is 1. The second-order valence-corrected chi connectivity index (χ2v) is 6.63. The van der Waals surface area contributed by atoms with Crippen LogP contribution in [0.2, 0.25) is 0 Å². The molecular formula is C19H23N3O2. The van der Waals surface area contributed by atoms with Crippen LogP contribution in [0.1, 0.15) is 35.2 Å². The number of aryl methyl sites for hydroxylation is 2. The zero-order chi connectivity index (χ0) is 16.7. The van der Waals surface area contributed by atoms with E-state index in [2.05, 4.69) is 35.0 Å². The molecule has 0 bridgehead atoms. The smallest absolute Gasteiger partial charge is 0.138 e. The summed E-state index contributed by atoms with van der Waals surface area (Å²) >= 11 is 0. The number of nitrogens with zero attached hydrogens (tertiary/aromatic N) is 2. The summed E-state index contributed by atoms with van der Waals surface area (Å²) in [6, 6.07) is 8.57. The van der Waals surface area contributed by atoms with E-state index in [1.54, 1.807) is 13.4 Å². The first-order valence-corrected chi connectivity index (χ1v) is 8.40. The van der Waals surface area contributed by atoms with Gasteiger partial charge >= 0.3 is 0 Å². The Bertz CT molecular complexity index is 832. The Morgan fingerprint density at radius 3 is 2.96 bits per heavy atom. The molecule has 1 aromatic carbocycles. The van der Waals surface area contributed by atoms with Gasteiger partial charge in [-0.15, -0.1) is 0 Å². The third-order valence-corrected chi connectivity index (χ3v) is 5.09. The summed E-state index contributed by atoms with van der Waals surface area (Å²) < 4.78 is 11.3. The molecule has 1 aliphatic heterocycles. The van der Waals surface area contributed by atoms with Crippen LogP contribution in [-0.4, -0.2) is 34.6 Å². The largest absolute Gasteiger partial charge is 0.464 e. The third-order valence-electron chi connectivity index (χ3n) is 5.09. The fraction of sp³-hybridized carbons (Fsp3) is 0.421. The van der Waals surface area contributed by atoms with Crippen molar-refractivity contribution < 1.29 is 9.15 Å². The molecule has 4 rings (SSSR count). The van der Waals surface area contributed by atoms with E-state index in [0.29, 0.717) is 0 Å². The molecule has 0 aliphatic carbocycles.